The zero-order valence-electron chi connectivity index (χ0n) is 3.46. The average Bonchev–Trinajstić information content (AvgIpc) is 0. The minimum absolute atomic E-state index is 0. The third-order valence-corrected chi connectivity index (χ3v) is 0. The molecular weight excluding hydrogens is 488 g/mol. The summed E-state index contributed by atoms with van der Waals surface area (Å²) in [7, 11) is 0. The van der Waals surface area contributed by atoms with Crippen LogP contribution in [0.3, 0.4) is 0 Å². The minimum atomic E-state index is 0. The van der Waals surface area contributed by atoms with Gasteiger partial charge in [0.25, 0.3) is 0 Å². The summed E-state index contributed by atoms with van der Waals surface area (Å²) in [6.45, 7) is 0. The van der Waals surface area contributed by atoms with E-state index in [2.05, 4.69) is 0 Å². The third-order valence-electron chi connectivity index (χ3n) is 0. The number of rotatable bonds is 0. The molecule has 0 heterocycles. The second-order valence-electron chi connectivity index (χ2n) is 0. The van der Waals surface area contributed by atoms with Crippen LogP contribution in [0.4, 0.5) is 0 Å². The summed E-state index contributed by atoms with van der Waals surface area (Å²) in [6.07, 6.45) is 0. The Kier molecular flexibility index (Phi) is 273. The number of hydrogen-bond acceptors (Lipinski definition) is 0. The summed E-state index contributed by atoms with van der Waals surface area (Å²) < 4.78 is 0. The molecule has 16 radical (unpaired) electrons. The Morgan fingerprint density at radius 1 is 0.333 bits per heavy atom. The molecule has 0 aromatic rings. The predicted octanol–water partition coefficient (Wildman–Crippen LogP) is -1.90. The normalized spacial score (nSPS) is 0. The fourth-order valence-corrected chi connectivity index (χ4v) is 0. The van der Waals surface area contributed by atoms with Gasteiger partial charge in [-0.25, -0.2) is 0 Å². The smallest absolute Gasteiger partial charge is 0 e. The fraction of sp³-hybridized carbons (Fsp3) is 0. The fourth-order valence-electron chi connectivity index (χ4n) is 0. The molecule has 0 nitrogen and oxygen atoms in total. The van der Waals surface area contributed by atoms with E-state index in [-0.39, 0.29) is 135 Å². The van der Waals surface area contributed by atoms with Gasteiger partial charge >= 0.3 is 0 Å². The van der Waals surface area contributed by atoms with Gasteiger partial charge in [-0.2, -0.15) is 0 Å². The van der Waals surface area contributed by atoms with Crippen LogP contribution in [0.25, 0.3) is 0 Å². The van der Waals surface area contributed by atoms with E-state index in [0.717, 1.165) is 0 Å². The summed E-state index contributed by atoms with van der Waals surface area (Å²) in [5, 5.41) is 0. The number of hydrogen-bond donors (Lipinski definition) is 0. The van der Waals surface area contributed by atoms with Crippen molar-refractivity contribution in [3.05, 3.63) is 0 Å². The van der Waals surface area contributed by atoms with E-state index in [9.17, 15) is 0 Å². The van der Waals surface area contributed by atoms with E-state index in [1.54, 1.807) is 0 Å². The summed E-state index contributed by atoms with van der Waals surface area (Å²) >= 11 is 0. The van der Waals surface area contributed by atoms with Crippen LogP contribution in [0.2, 0.25) is 0 Å². The summed E-state index contributed by atoms with van der Waals surface area (Å²) in [5.41, 5.74) is 0. The molecule has 0 spiro atoms. The standard InChI is InChI=1S/5Ga.La. The van der Waals surface area contributed by atoms with Crippen molar-refractivity contribution in [1.82, 2.24) is 0 Å². The Morgan fingerprint density at radius 3 is 0.333 bits per heavy atom. The van der Waals surface area contributed by atoms with Crippen molar-refractivity contribution in [2.45, 2.75) is 0 Å². The maximum atomic E-state index is 0. The largest absolute Gasteiger partial charge is 0 e. The molecule has 6 heteroatoms. The maximum absolute atomic E-state index is 0. The quantitative estimate of drug-likeness (QED) is 0.351. The first-order valence-electron chi connectivity index (χ1n) is 0. The van der Waals surface area contributed by atoms with E-state index in [1.165, 1.54) is 0 Å². The molecule has 0 saturated heterocycles. The Labute approximate surface area is 131 Å². The molecule has 0 aliphatic rings. The summed E-state index contributed by atoms with van der Waals surface area (Å²) in [4.78, 5) is 0. The van der Waals surface area contributed by atoms with Crippen molar-refractivity contribution < 1.29 is 35.6 Å². The van der Waals surface area contributed by atoms with Crippen molar-refractivity contribution in [3.63, 3.8) is 0 Å². The molecular formula is Ga5La. The topological polar surface area (TPSA) is 0 Å². The monoisotopic (exact) mass is 484 g/mol. The van der Waals surface area contributed by atoms with Crippen molar-refractivity contribution >= 4 is 99.0 Å². The average molecular weight is 488 g/mol. The van der Waals surface area contributed by atoms with Crippen LogP contribution in [0.15, 0.2) is 0 Å². The summed E-state index contributed by atoms with van der Waals surface area (Å²) in [6, 6.07) is 0. The Hall–Kier alpha value is 4.38. The molecule has 18 valence electrons. The molecule has 0 aliphatic carbocycles. The van der Waals surface area contributed by atoms with E-state index >= 15 is 0 Å². The van der Waals surface area contributed by atoms with Gasteiger partial charge in [-0.1, -0.05) is 0 Å². The second-order valence-corrected chi connectivity index (χ2v) is 0. The molecule has 0 amide bonds. The predicted molar refractivity (Wildman–Crippen MR) is 28.8 cm³/mol. The Bertz CT molecular complexity index is 3.90. The molecule has 0 aliphatic heterocycles. The summed E-state index contributed by atoms with van der Waals surface area (Å²) in [5.74, 6) is 0. The van der Waals surface area contributed by atoms with Crippen molar-refractivity contribution in [3.8, 4) is 0 Å². The SMILES string of the molecule is [Ga].[Ga].[Ga].[Ga].[Ga].[La]. The molecule has 0 aromatic heterocycles. The van der Waals surface area contributed by atoms with E-state index in [4.69, 9.17) is 0 Å². The van der Waals surface area contributed by atoms with Gasteiger partial charge in [-0.3, -0.25) is 0 Å². The van der Waals surface area contributed by atoms with Gasteiger partial charge in [-0.05, 0) is 0 Å². The molecule has 0 fully saturated rings. The van der Waals surface area contributed by atoms with E-state index in [0.29, 0.717) is 0 Å². The molecule has 0 saturated carbocycles. The molecule has 0 rings (SSSR count). The zero-order valence-corrected chi connectivity index (χ0v) is 19.2. The first-order valence-corrected chi connectivity index (χ1v) is 0. The van der Waals surface area contributed by atoms with Crippen LogP contribution >= 0.6 is 0 Å². The first-order chi connectivity index (χ1) is 0. The minimum Gasteiger partial charge on any atom is 0 e. The van der Waals surface area contributed by atoms with Crippen LogP contribution in [0, 0.1) is 35.6 Å². The molecule has 6 heavy (non-hydrogen) atoms. The molecule has 0 atom stereocenters. The van der Waals surface area contributed by atoms with Gasteiger partial charge < -0.3 is 0 Å². The van der Waals surface area contributed by atoms with Crippen molar-refractivity contribution in [2.24, 2.45) is 0 Å². The van der Waals surface area contributed by atoms with Crippen LogP contribution < -0.4 is 0 Å². The van der Waals surface area contributed by atoms with Gasteiger partial charge in [0.05, 0.1) is 0 Å². The van der Waals surface area contributed by atoms with Gasteiger partial charge in [0.2, 0.25) is 0 Å². The van der Waals surface area contributed by atoms with Crippen LogP contribution in [0.1, 0.15) is 0 Å². The van der Waals surface area contributed by atoms with Gasteiger partial charge in [0.1, 0.15) is 0 Å². The van der Waals surface area contributed by atoms with Gasteiger partial charge in [0, 0.05) is 135 Å². The third kappa shape index (κ3) is 23.8. The van der Waals surface area contributed by atoms with Crippen LogP contribution in [-0.2, 0) is 0 Å². The van der Waals surface area contributed by atoms with Crippen molar-refractivity contribution in [2.75, 3.05) is 0 Å². The second kappa shape index (κ2) is 34.3. The zero-order chi connectivity index (χ0) is 0. The van der Waals surface area contributed by atoms with E-state index in [1.807, 2.05) is 0 Å². The van der Waals surface area contributed by atoms with Crippen molar-refractivity contribution in [1.29, 1.82) is 0 Å². The molecule has 0 N–H and O–H groups in total. The molecule has 0 bridgehead atoms. The van der Waals surface area contributed by atoms with E-state index < -0.39 is 0 Å². The Morgan fingerprint density at radius 2 is 0.333 bits per heavy atom. The van der Waals surface area contributed by atoms with Gasteiger partial charge in [0.15, 0.2) is 0 Å². The van der Waals surface area contributed by atoms with Crippen LogP contribution in [0.5, 0.6) is 0 Å². The Balaban J connectivity index is 0. The molecule has 0 unspecified atom stereocenters. The maximum Gasteiger partial charge on any atom is 0 e. The van der Waals surface area contributed by atoms with Crippen LogP contribution in [-0.4, -0.2) is 99.0 Å². The molecule has 0 aromatic carbocycles. The van der Waals surface area contributed by atoms with Gasteiger partial charge in [-0.15, -0.1) is 0 Å². The first kappa shape index (κ1) is 47.6.